The summed E-state index contributed by atoms with van der Waals surface area (Å²) < 4.78 is 11.1. The molecule has 0 spiro atoms. The van der Waals surface area contributed by atoms with E-state index in [4.69, 9.17) is 9.47 Å². The summed E-state index contributed by atoms with van der Waals surface area (Å²) in [6.07, 6.45) is 3.14. The number of carbonyl (C=O) groups is 2. The molecular formula is C21H21NO4. The fraction of sp³-hybridized carbons (Fsp3) is 0.238. The summed E-state index contributed by atoms with van der Waals surface area (Å²) in [5.41, 5.74) is 2.03. The van der Waals surface area contributed by atoms with Gasteiger partial charge in [0.2, 0.25) is 0 Å². The molecule has 0 unspecified atom stereocenters. The Morgan fingerprint density at radius 3 is 2.35 bits per heavy atom. The second-order valence-corrected chi connectivity index (χ2v) is 5.99. The zero-order valence-corrected chi connectivity index (χ0v) is 14.7. The number of hydrogen-bond acceptors (Lipinski definition) is 4. The van der Waals surface area contributed by atoms with Crippen LogP contribution in [0.2, 0.25) is 0 Å². The van der Waals surface area contributed by atoms with Crippen molar-refractivity contribution in [2.75, 3.05) is 20.3 Å². The van der Waals surface area contributed by atoms with Crippen LogP contribution in [0, 0.1) is 0 Å². The molecule has 0 aromatic heterocycles. The van der Waals surface area contributed by atoms with E-state index in [-0.39, 0.29) is 11.8 Å². The lowest BCUT2D eigenvalue weighted by molar-refractivity contribution is 0.0646. The highest BCUT2D eigenvalue weighted by Crippen LogP contribution is 2.28. The van der Waals surface area contributed by atoms with Crippen molar-refractivity contribution in [1.29, 1.82) is 0 Å². The van der Waals surface area contributed by atoms with Gasteiger partial charge in [-0.2, -0.15) is 0 Å². The van der Waals surface area contributed by atoms with Crippen molar-refractivity contribution in [3.63, 3.8) is 0 Å². The lowest BCUT2D eigenvalue weighted by Crippen LogP contribution is -2.31. The van der Waals surface area contributed by atoms with Gasteiger partial charge in [0.1, 0.15) is 0 Å². The Morgan fingerprint density at radius 1 is 1.04 bits per heavy atom. The number of amides is 2. The Balaban J connectivity index is 1.56. The van der Waals surface area contributed by atoms with Crippen LogP contribution in [-0.2, 0) is 6.42 Å². The number of hydrogen-bond donors (Lipinski definition) is 0. The van der Waals surface area contributed by atoms with Crippen LogP contribution in [0.25, 0.3) is 0 Å². The van der Waals surface area contributed by atoms with Gasteiger partial charge in [-0.05, 0) is 42.7 Å². The molecule has 3 rings (SSSR count). The van der Waals surface area contributed by atoms with Crippen LogP contribution in [0.15, 0.2) is 55.1 Å². The zero-order chi connectivity index (χ0) is 18.5. The Labute approximate surface area is 152 Å². The van der Waals surface area contributed by atoms with Crippen molar-refractivity contribution in [2.24, 2.45) is 0 Å². The number of benzene rings is 2. The van der Waals surface area contributed by atoms with E-state index < -0.39 is 0 Å². The van der Waals surface area contributed by atoms with Crippen molar-refractivity contribution in [1.82, 2.24) is 4.90 Å². The molecule has 134 valence electrons. The van der Waals surface area contributed by atoms with Crippen LogP contribution in [0.3, 0.4) is 0 Å². The number of ether oxygens (including phenoxy) is 2. The summed E-state index contributed by atoms with van der Waals surface area (Å²) in [6, 6.07) is 12.6. The molecule has 2 amide bonds. The lowest BCUT2D eigenvalue weighted by atomic mass is 10.1. The van der Waals surface area contributed by atoms with Crippen molar-refractivity contribution in [3.8, 4) is 11.5 Å². The molecule has 0 fully saturated rings. The first-order chi connectivity index (χ1) is 12.7. The molecule has 2 aromatic rings. The van der Waals surface area contributed by atoms with E-state index in [1.807, 2.05) is 24.3 Å². The standard InChI is InChI=1S/C21H21NO4/c1-3-7-15-10-11-18(19(14-15)25-2)26-13-6-12-22-20(23)16-8-4-5-9-17(16)21(22)24/h3-5,8-11,14H,1,6-7,12-13H2,2H3. The minimum atomic E-state index is -0.239. The maximum Gasteiger partial charge on any atom is 0.261 e. The topological polar surface area (TPSA) is 55.8 Å². The van der Waals surface area contributed by atoms with Crippen LogP contribution >= 0.6 is 0 Å². The molecule has 5 nitrogen and oxygen atoms in total. The smallest absolute Gasteiger partial charge is 0.261 e. The van der Waals surface area contributed by atoms with Gasteiger partial charge in [0.25, 0.3) is 11.8 Å². The van der Waals surface area contributed by atoms with Gasteiger partial charge in [0.05, 0.1) is 24.8 Å². The van der Waals surface area contributed by atoms with Gasteiger partial charge in [-0.3, -0.25) is 14.5 Å². The number of allylic oxidation sites excluding steroid dienone is 1. The first-order valence-corrected chi connectivity index (χ1v) is 8.51. The van der Waals surface area contributed by atoms with Crippen molar-refractivity contribution < 1.29 is 19.1 Å². The van der Waals surface area contributed by atoms with Gasteiger partial charge in [0.15, 0.2) is 11.5 Å². The summed E-state index contributed by atoms with van der Waals surface area (Å²) in [5.74, 6) is 0.821. The Morgan fingerprint density at radius 2 is 1.73 bits per heavy atom. The third kappa shape index (κ3) is 3.47. The van der Waals surface area contributed by atoms with Gasteiger partial charge in [-0.15, -0.1) is 6.58 Å². The van der Waals surface area contributed by atoms with Crippen LogP contribution < -0.4 is 9.47 Å². The molecular weight excluding hydrogens is 330 g/mol. The van der Waals surface area contributed by atoms with E-state index >= 15 is 0 Å². The molecule has 1 heterocycles. The van der Waals surface area contributed by atoms with E-state index in [2.05, 4.69) is 6.58 Å². The average Bonchev–Trinajstić information content (AvgIpc) is 2.91. The molecule has 0 bridgehead atoms. The fourth-order valence-corrected chi connectivity index (χ4v) is 2.97. The number of carbonyl (C=O) groups excluding carboxylic acids is 2. The van der Waals surface area contributed by atoms with Gasteiger partial charge in [0, 0.05) is 6.54 Å². The molecule has 0 aliphatic carbocycles. The summed E-state index contributed by atoms with van der Waals surface area (Å²) in [7, 11) is 1.60. The summed E-state index contributed by atoms with van der Waals surface area (Å²) >= 11 is 0. The van der Waals surface area contributed by atoms with Gasteiger partial charge >= 0.3 is 0 Å². The number of methoxy groups -OCH3 is 1. The van der Waals surface area contributed by atoms with Crippen LogP contribution in [0.4, 0.5) is 0 Å². The predicted molar refractivity (Wildman–Crippen MR) is 98.8 cm³/mol. The Bertz CT molecular complexity index is 809. The Hall–Kier alpha value is -3.08. The number of nitrogens with zero attached hydrogens (tertiary/aromatic N) is 1. The fourth-order valence-electron chi connectivity index (χ4n) is 2.97. The SMILES string of the molecule is C=CCc1ccc(OCCCN2C(=O)c3ccccc3C2=O)c(OC)c1. The molecule has 1 aliphatic heterocycles. The second-order valence-electron chi connectivity index (χ2n) is 5.99. The molecule has 1 aliphatic rings. The first kappa shape index (κ1) is 17.7. The molecule has 0 saturated heterocycles. The van der Waals surface area contributed by atoms with E-state index in [0.717, 1.165) is 12.0 Å². The highest BCUT2D eigenvalue weighted by molar-refractivity contribution is 6.21. The van der Waals surface area contributed by atoms with E-state index in [9.17, 15) is 9.59 Å². The average molecular weight is 351 g/mol. The monoisotopic (exact) mass is 351 g/mol. The van der Waals surface area contributed by atoms with Crippen LogP contribution in [-0.4, -0.2) is 37.0 Å². The predicted octanol–water partition coefficient (Wildman–Crippen LogP) is 3.49. The molecule has 0 N–H and O–H groups in total. The minimum absolute atomic E-state index is 0.239. The largest absolute Gasteiger partial charge is 0.493 e. The van der Waals surface area contributed by atoms with Crippen molar-refractivity contribution >= 4 is 11.8 Å². The van der Waals surface area contributed by atoms with E-state index in [1.165, 1.54) is 4.90 Å². The maximum atomic E-state index is 12.3. The molecule has 0 radical (unpaired) electrons. The third-order valence-electron chi connectivity index (χ3n) is 4.27. The second kappa shape index (κ2) is 7.87. The summed E-state index contributed by atoms with van der Waals surface area (Å²) in [6.45, 7) is 4.43. The van der Waals surface area contributed by atoms with Crippen LogP contribution in [0.1, 0.15) is 32.7 Å². The lowest BCUT2D eigenvalue weighted by Gasteiger charge is -2.15. The molecule has 0 atom stereocenters. The van der Waals surface area contributed by atoms with Crippen molar-refractivity contribution in [3.05, 3.63) is 71.8 Å². The maximum absolute atomic E-state index is 12.3. The minimum Gasteiger partial charge on any atom is -0.493 e. The highest BCUT2D eigenvalue weighted by atomic mass is 16.5. The van der Waals surface area contributed by atoms with Crippen molar-refractivity contribution in [2.45, 2.75) is 12.8 Å². The summed E-state index contributed by atoms with van der Waals surface area (Å²) in [5, 5.41) is 0. The molecule has 0 saturated carbocycles. The van der Waals surface area contributed by atoms with Gasteiger partial charge in [-0.25, -0.2) is 0 Å². The number of rotatable bonds is 8. The van der Waals surface area contributed by atoms with Gasteiger partial charge < -0.3 is 9.47 Å². The Kier molecular flexibility index (Phi) is 5.37. The highest BCUT2D eigenvalue weighted by Gasteiger charge is 2.34. The van der Waals surface area contributed by atoms with Crippen LogP contribution in [0.5, 0.6) is 11.5 Å². The number of imide groups is 1. The quantitative estimate of drug-likeness (QED) is 0.415. The number of fused-ring (bicyclic) bond motifs is 1. The van der Waals surface area contributed by atoms with E-state index in [1.54, 1.807) is 31.4 Å². The van der Waals surface area contributed by atoms with E-state index in [0.29, 0.717) is 42.2 Å². The van der Waals surface area contributed by atoms with Gasteiger partial charge in [-0.1, -0.05) is 24.3 Å². The molecule has 5 heteroatoms. The zero-order valence-electron chi connectivity index (χ0n) is 14.7. The molecule has 26 heavy (non-hydrogen) atoms. The third-order valence-corrected chi connectivity index (χ3v) is 4.27. The first-order valence-electron chi connectivity index (χ1n) is 8.51. The molecule has 2 aromatic carbocycles. The normalized spacial score (nSPS) is 12.9. The summed E-state index contributed by atoms with van der Waals surface area (Å²) in [4.78, 5) is 25.9.